The number of halogens is 1. The summed E-state index contributed by atoms with van der Waals surface area (Å²) in [6.45, 7) is 0.422. The summed E-state index contributed by atoms with van der Waals surface area (Å²) in [5, 5.41) is 3.95. The van der Waals surface area contributed by atoms with Gasteiger partial charge in [-0.15, -0.1) is 0 Å². The first kappa shape index (κ1) is 13.2. The lowest BCUT2D eigenvalue weighted by Crippen LogP contribution is -2.24. The molecule has 0 bridgehead atoms. The second kappa shape index (κ2) is 6.08. The van der Waals surface area contributed by atoms with Crippen molar-refractivity contribution in [1.29, 1.82) is 0 Å². The summed E-state index contributed by atoms with van der Waals surface area (Å²) < 4.78 is 11.3. The number of ether oxygens (including phenoxy) is 1. The zero-order valence-corrected chi connectivity index (χ0v) is 11.6. The van der Waals surface area contributed by atoms with Crippen molar-refractivity contribution in [1.82, 2.24) is 10.1 Å². The maximum absolute atomic E-state index is 5.55. The van der Waals surface area contributed by atoms with Crippen molar-refractivity contribution in [2.75, 3.05) is 13.7 Å². The molecule has 0 saturated heterocycles. The molecule has 0 aliphatic carbocycles. The van der Waals surface area contributed by atoms with Gasteiger partial charge < -0.3 is 15.0 Å². The Morgan fingerprint density at radius 3 is 3.00 bits per heavy atom. The second-order valence-electron chi connectivity index (χ2n) is 3.82. The van der Waals surface area contributed by atoms with Gasteiger partial charge >= 0.3 is 0 Å². The van der Waals surface area contributed by atoms with Crippen molar-refractivity contribution in [3.63, 3.8) is 0 Å². The molecule has 0 radical (unpaired) electrons. The van der Waals surface area contributed by atoms with Crippen molar-refractivity contribution < 1.29 is 9.26 Å². The number of benzene rings is 1. The molecule has 18 heavy (non-hydrogen) atoms. The van der Waals surface area contributed by atoms with E-state index >= 15 is 0 Å². The average Bonchev–Trinajstić information content (AvgIpc) is 2.84. The van der Waals surface area contributed by atoms with Gasteiger partial charge in [-0.05, 0) is 12.1 Å². The highest BCUT2D eigenvalue weighted by Gasteiger charge is 2.13. The van der Waals surface area contributed by atoms with E-state index in [-0.39, 0.29) is 6.10 Å². The van der Waals surface area contributed by atoms with Crippen LogP contribution in [0.15, 0.2) is 33.3 Å². The minimum Gasteiger partial charge on any atom is -0.380 e. The highest BCUT2D eigenvalue weighted by atomic mass is 79.9. The number of methoxy groups -OCH3 is 1. The molecule has 0 amide bonds. The van der Waals surface area contributed by atoms with Crippen LogP contribution in [0.5, 0.6) is 0 Å². The van der Waals surface area contributed by atoms with Gasteiger partial charge in [0.25, 0.3) is 0 Å². The van der Waals surface area contributed by atoms with Crippen molar-refractivity contribution in [2.24, 2.45) is 5.73 Å². The van der Waals surface area contributed by atoms with E-state index in [1.165, 1.54) is 0 Å². The van der Waals surface area contributed by atoms with Crippen LogP contribution < -0.4 is 5.73 Å². The molecule has 2 rings (SSSR count). The van der Waals surface area contributed by atoms with Gasteiger partial charge in [0.1, 0.15) is 0 Å². The fourth-order valence-corrected chi connectivity index (χ4v) is 1.94. The van der Waals surface area contributed by atoms with E-state index < -0.39 is 0 Å². The third-order valence-electron chi connectivity index (χ3n) is 2.55. The molecular weight excluding hydrogens is 298 g/mol. The van der Waals surface area contributed by atoms with Crippen LogP contribution in [0.2, 0.25) is 0 Å². The average molecular weight is 312 g/mol. The summed E-state index contributed by atoms with van der Waals surface area (Å²) in [5.41, 5.74) is 6.45. The Morgan fingerprint density at radius 1 is 1.50 bits per heavy atom. The molecule has 1 heterocycles. The standard InChI is InChI=1S/C12H14BrN3O2/c1-17-10(7-14)6-11-15-12(16-18-11)8-3-2-4-9(13)5-8/h2-5,10H,6-7,14H2,1H3. The smallest absolute Gasteiger partial charge is 0.229 e. The summed E-state index contributed by atoms with van der Waals surface area (Å²) in [6.07, 6.45) is 0.425. The van der Waals surface area contributed by atoms with Gasteiger partial charge in [-0.1, -0.05) is 33.2 Å². The highest BCUT2D eigenvalue weighted by Crippen LogP contribution is 2.20. The van der Waals surface area contributed by atoms with Crippen LogP contribution in [0.3, 0.4) is 0 Å². The molecule has 6 heteroatoms. The maximum atomic E-state index is 5.55. The van der Waals surface area contributed by atoms with E-state index in [4.69, 9.17) is 15.0 Å². The molecule has 0 aliphatic heterocycles. The molecule has 0 aliphatic rings. The third kappa shape index (κ3) is 3.16. The monoisotopic (exact) mass is 311 g/mol. The molecule has 2 N–H and O–H groups in total. The van der Waals surface area contributed by atoms with Gasteiger partial charge in [0, 0.05) is 23.7 Å². The summed E-state index contributed by atoms with van der Waals surface area (Å²) in [6, 6.07) is 7.73. The van der Waals surface area contributed by atoms with Crippen LogP contribution >= 0.6 is 15.9 Å². The van der Waals surface area contributed by atoms with E-state index in [1.54, 1.807) is 7.11 Å². The summed E-state index contributed by atoms with van der Waals surface area (Å²) in [5.74, 6) is 1.10. The Morgan fingerprint density at radius 2 is 2.33 bits per heavy atom. The van der Waals surface area contributed by atoms with Crippen molar-refractivity contribution >= 4 is 15.9 Å². The number of nitrogens with zero attached hydrogens (tertiary/aromatic N) is 2. The fourth-order valence-electron chi connectivity index (χ4n) is 1.54. The van der Waals surface area contributed by atoms with Gasteiger partial charge in [0.05, 0.1) is 12.5 Å². The van der Waals surface area contributed by atoms with E-state index in [1.807, 2.05) is 24.3 Å². The Balaban J connectivity index is 2.15. The third-order valence-corrected chi connectivity index (χ3v) is 3.04. The van der Waals surface area contributed by atoms with Crippen LogP contribution in [0.25, 0.3) is 11.4 Å². The lowest BCUT2D eigenvalue weighted by Gasteiger charge is -2.08. The largest absolute Gasteiger partial charge is 0.380 e. The van der Waals surface area contributed by atoms with Gasteiger partial charge in [-0.25, -0.2) is 0 Å². The first-order chi connectivity index (χ1) is 8.72. The topological polar surface area (TPSA) is 74.2 Å². The predicted molar refractivity (Wildman–Crippen MR) is 71.0 cm³/mol. The first-order valence-corrected chi connectivity index (χ1v) is 6.33. The van der Waals surface area contributed by atoms with Gasteiger partial charge in [0.2, 0.25) is 11.7 Å². The van der Waals surface area contributed by atoms with E-state index in [2.05, 4.69) is 26.1 Å². The number of rotatable bonds is 5. The van der Waals surface area contributed by atoms with Crippen LogP contribution in [-0.4, -0.2) is 29.9 Å². The molecule has 1 aromatic heterocycles. The van der Waals surface area contributed by atoms with Gasteiger partial charge in [-0.3, -0.25) is 0 Å². The Hall–Kier alpha value is -1.24. The zero-order chi connectivity index (χ0) is 13.0. The number of hydrogen-bond donors (Lipinski definition) is 1. The zero-order valence-electron chi connectivity index (χ0n) is 9.97. The molecule has 5 nitrogen and oxygen atoms in total. The molecule has 96 valence electrons. The van der Waals surface area contributed by atoms with E-state index in [0.717, 1.165) is 10.0 Å². The summed E-state index contributed by atoms with van der Waals surface area (Å²) >= 11 is 3.41. The predicted octanol–water partition coefficient (Wildman–Crippen LogP) is 2.02. The lowest BCUT2D eigenvalue weighted by molar-refractivity contribution is 0.102. The minimum absolute atomic E-state index is 0.0965. The van der Waals surface area contributed by atoms with E-state index in [0.29, 0.717) is 24.7 Å². The first-order valence-electron chi connectivity index (χ1n) is 5.54. The molecule has 0 spiro atoms. The van der Waals surface area contributed by atoms with E-state index in [9.17, 15) is 0 Å². The van der Waals surface area contributed by atoms with Crippen molar-refractivity contribution in [2.45, 2.75) is 12.5 Å². The van der Waals surface area contributed by atoms with Crippen molar-refractivity contribution in [3.05, 3.63) is 34.6 Å². The number of hydrogen-bond acceptors (Lipinski definition) is 5. The van der Waals surface area contributed by atoms with Gasteiger partial charge in [0.15, 0.2) is 0 Å². The molecule has 1 unspecified atom stereocenters. The van der Waals surface area contributed by atoms with Crippen LogP contribution in [0, 0.1) is 0 Å². The Kier molecular flexibility index (Phi) is 4.46. The second-order valence-corrected chi connectivity index (χ2v) is 4.74. The molecule has 0 saturated carbocycles. The SMILES string of the molecule is COC(CN)Cc1nc(-c2cccc(Br)c2)no1. The Labute approximate surface area is 113 Å². The molecule has 0 fully saturated rings. The Bertz CT molecular complexity index is 512. The normalized spacial score (nSPS) is 12.6. The molecular formula is C12H14BrN3O2. The van der Waals surface area contributed by atoms with Crippen LogP contribution in [0.1, 0.15) is 5.89 Å². The number of aromatic nitrogens is 2. The number of nitrogens with two attached hydrogens (primary N) is 1. The quantitative estimate of drug-likeness (QED) is 0.914. The van der Waals surface area contributed by atoms with Gasteiger partial charge in [-0.2, -0.15) is 4.98 Å². The fraction of sp³-hybridized carbons (Fsp3) is 0.333. The molecule has 1 aromatic carbocycles. The summed E-state index contributed by atoms with van der Waals surface area (Å²) in [4.78, 5) is 4.32. The van der Waals surface area contributed by atoms with Crippen LogP contribution in [-0.2, 0) is 11.2 Å². The van der Waals surface area contributed by atoms with Crippen molar-refractivity contribution in [3.8, 4) is 11.4 Å². The molecule has 1 atom stereocenters. The molecule has 2 aromatic rings. The minimum atomic E-state index is -0.0965. The van der Waals surface area contributed by atoms with Crippen LogP contribution in [0.4, 0.5) is 0 Å². The highest BCUT2D eigenvalue weighted by molar-refractivity contribution is 9.10. The summed E-state index contributed by atoms with van der Waals surface area (Å²) in [7, 11) is 1.61. The lowest BCUT2D eigenvalue weighted by atomic mass is 10.2. The maximum Gasteiger partial charge on any atom is 0.229 e.